The van der Waals surface area contributed by atoms with Crippen LogP contribution in [0.15, 0.2) is 53.5 Å². The minimum atomic E-state index is -0.190. The second kappa shape index (κ2) is 5.66. The molecule has 21 heavy (non-hydrogen) atoms. The summed E-state index contributed by atoms with van der Waals surface area (Å²) in [6.45, 7) is 0.643. The van der Waals surface area contributed by atoms with E-state index in [0.29, 0.717) is 17.9 Å². The number of nitrogens with zero attached hydrogens (tertiary/aromatic N) is 1. The van der Waals surface area contributed by atoms with Crippen LogP contribution >= 0.6 is 0 Å². The van der Waals surface area contributed by atoms with Gasteiger partial charge in [-0.15, -0.1) is 0 Å². The van der Waals surface area contributed by atoms with Gasteiger partial charge in [-0.1, -0.05) is 30.3 Å². The van der Waals surface area contributed by atoms with Crippen LogP contribution in [0.25, 0.3) is 10.9 Å². The summed E-state index contributed by atoms with van der Waals surface area (Å²) in [6, 6.07) is 13.4. The molecular weight excluding hydrogens is 266 g/mol. The number of fused-ring (bicyclic) bond motifs is 1. The summed E-state index contributed by atoms with van der Waals surface area (Å²) in [4.78, 5) is 18.7. The Morgan fingerprint density at radius 2 is 2.05 bits per heavy atom. The molecule has 0 saturated carbocycles. The van der Waals surface area contributed by atoms with Gasteiger partial charge in [0.1, 0.15) is 5.52 Å². The molecule has 0 aliphatic heterocycles. The average molecular weight is 281 g/mol. The van der Waals surface area contributed by atoms with Gasteiger partial charge in [-0.3, -0.25) is 4.79 Å². The minimum absolute atomic E-state index is 0.190. The standard InChI is InChI=1S/C16H15N3O2/c1-21-16-15-12(7-8-17-16)13(9-14(20)19-15)18-10-11-5-3-2-4-6-11/h2-9H,10H2,1H3,(H2,18,19,20). The first-order valence-corrected chi connectivity index (χ1v) is 6.62. The quantitative estimate of drug-likeness (QED) is 0.771. The van der Waals surface area contributed by atoms with Crippen LogP contribution in [0.1, 0.15) is 5.56 Å². The first kappa shape index (κ1) is 13.2. The highest BCUT2D eigenvalue weighted by Gasteiger charge is 2.08. The Kier molecular flexibility index (Phi) is 3.55. The van der Waals surface area contributed by atoms with Crippen molar-refractivity contribution in [1.82, 2.24) is 9.97 Å². The minimum Gasteiger partial charge on any atom is -0.479 e. The molecule has 3 rings (SSSR count). The summed E-state index contributed by atoms with van der Waals surface area (Å²) in [6.07, 6.45) is 1.66. The highest BCUT2D eigenvalue weighted by Crippen LogP contribution is 2.25. The third kappa shape index (κ3) is 2.72. The molecule has 0 aliphatic rings. The van der Waals surface area contributed by atoms with Crippen LogP contribution < -0.4 is 15.6 Å². The van der Waals surface area contributed by atoms with Crippen molar-refractivity contribution in [2.75, 3.05) is 12.4 Å². The van der Waals surface area contributed by atoms with E-state index in [1.54, 1.807) is 12.3 Å². The lowest BCUT2D eigenvalue weighted by Crippen LogP contribution is -2.09. The lowest BCUT2D eigenvalue weighted by atomic mass is 10.2. The fraction of sp³-hybridized carbons (Fsp3) is 0.125. The fourth-order valence-electron chi connectivity index (χ4n) is 2.25. The third-order valence-electron chi connectivity index (χ3n) is 3.25. The first-order valence-electron chi connectivity index (χ1n) is 6.62. The van der Waals surface area contributed by atoms with Crippen LogP contribution in [-0.2, 0) is 6.54 Å². The molecule has 0 bridgehead atoms. The molecule has 1 aromatic carbocycles. The van der Waals surface area contributed by atoms with E-state index in [9.17, 15) is 4.79 Å². The zero-order valence-corrected chi connectivity index (χ0v) is 11.6. The van der Waals surface area contributed by atoms with Crippen molar-refractivity contribution in [2.24, 2.45) is 0 Å². The summed E-state index contributed by atoms with van der Waals surface area (Å²) in [5.74, 6) is 0.410. The molecule has 0 spiro atoms. The van der Waals surface area contributed by atoms with Gasteiger partial charge in [0, 0.05) is 29.9 Å². The lowest BCUT2D eigenvalue weighted by Gasteiger charge is -2.11. The van der Waals surface area contributed by atoms with E-state index in [2.05, 4.69) is 15.3 Å². The molecule has 5 heteroatoms. The molecular formula is C16H15N3O2. The van der Waals surface area contributed by atoms with Crippen molar-refractivity contribution in [1.29, 1.82) is 0 Å². The van der Waals surface area contributed by atoms with E-state index in [-0.39, 0.29) is 5.56 Å². The van der Waals surface area contributed by atoms with Gasteiger partial charge in [-0.25, -0.2) is 4.98 Å². The molecule has 2 N–H and O–H groups in total. The van der Waals surface area contributed by atoms with Gasteiger partial charge in [0.05, 0.1) is 7.11 Å². The van der Waals surface area contributed by atoms with Crippen LogP contribution in [0, 0.1) is 0 Å². The molecule has 0 aliphatic carbocycles. The third-order valence-corrected chi connectivity index (χ3v) is 3.25. The summed E-state index contributed by atoms with van der Waals surface area (Å²) >= 11 is 0. The number of nitrogens with one attached hydrogen (secondary N) is 2. The Balaban J connectivity index is 2.00. The van der Waals surface area contributed by atoms with E-state index < -0.39 is 0 Å². The zero-order chi connectivity index (χ0) is 14.7. The van der Waals surface area contributed by atoms with Gasteiger partial charge in [-0.05, 0) is 11.6 Å². The van der Waals surface area contributed by atoms with Gasteiger partial charge < -0.3 is 15.0 Å². The van der Waals surface area contributed by atoms with Crippen LogP contribution in [-0.4, -0.2) is 17.1 Å². The molecule has 3 aromatic rings. The summed E-state index contributed by atoms with van der Waals surface area (Å²) in [5.41, 5.74) is 2.32. The molecule has 106 valence electrons. The average Bonchev–Trinajstić information content (AvgIpc) is 2.53. The molecule has 2 heterocycles. The van der Waals surface area contributed by atoms with Gasteiger partial charge in [0.2, 0.25) is 5.88 Å². The van der Waals surface area contributed by atoms with Gasteiger partial charge >= 0.3 is 0 Å². The number of hydrogen-bond acceptors (Lipinski definition) is 4. The number of hydrogen-bond donors (Lipinski definition) is 2. The Morgan fingerprint density at radius 1 is 1.24 bits per heavy atom. The maximum atomic E-state index is 11.8. The molecule has 0 fully saturated rings. The van der Waals surface area contributed by atoms with Crippen molar-refractivity contribution in [3.8, 4) is 5.88 Å². The predicted molar refractivity (Wildman–Crippen MR) is 82.7 cm³/mol. The summed E-state index contributed by atoms with van der Waals surface area (Å²) in [7, 11) is 1.53. The van der Waals surface area contributed by atoms with Crippen molar-refractivity contribution in [3.63, 3.8) is 0 Å². The summed E-state index contributed by atoms with van der Waals surface area (Å²) < 4.78 is 5.19. The van der Waals surface area contributed by atoms with Crippen LogP contribution in [0.3, 0.4) is 0 Å². The summed E-state index contributed by atoms with van der Waals surface area (Å²) in [5, 5.41) is 4.17. The number of rotatable bonds is 4. The number of ether oxygens (including phenoxy) is 1. The van der Waals surface area contributed by atoms with Crippen LogP contribution in [0.4, 0.5) is 5.69 Å². The highest BCUT2D eigenvalue weighted by molar-refractivity contribution is 5.93. The fourth-order valence-corrected chi connectivity index (χ4v) is 2.25. The van der Waals surface area contributed by atoms with Crippen LogP contribution in [0.2, 0.25) is 0 Å². The second-order valence-electron chi connectivity index (χ2n) is 4.63. The van der Waals surface area contributed by atoms with Gasteiger partial charge in [0.15, 0.2) is 0 Å². The lowest BCUT2D eigenvalue weighted by molar-refractivity contribution is 0.402. The van der Waals surface area contributed by atoms with E-state index in [4.69, 9.17) is 4.74 Å². The topological polar surface area (TPSA) is 67.0 Å². The SMILES string of the molecule is COc1nccc2c(NCc3ccccc3)cc(=O)[nH]c12. The Morgan fingerprint density at radius 3 is 2.81 bits per heavy atom. The van der Waals surface area contributed by atoms with E-state index in [1.165, 1.54) is 7.11 Å². The van der Waals surface area contributed by atoms with E-state index >= 15 is 0 Å². The molecule has 5 nitrogen and oxygen atoms in total. The highest BCUT2D eigenvalue weighted by atomic mass is 16.5. The molecule has 0 radical (unpaired) electrons. The monoisotopic (exact) mass is 281 g/mol. The Labute approximate surface area is 121 Å². The number of aromatic nitrogens is 2. The van der Waals surface area contributed by atoms with E-state index in [0.717, 1.165) is 16.6 Å². The molecule has 0 amide bonds. The molecule has 0 saturated heterocycles. The Bertz CT molecular complexity index is 813. The predicted octanol–water partition coefficient (Wildman–Crippen LogP) is 2.54. The second-order valence-corrected chi connectivity index (χ2v) is 4.63. The number of methoxy groups -OCH3 is 1. The smallest absolute Gasteiger partial charge is 0.250 e. The molecule has 0 unspecified atom stereocenters. The van der Waals surface area contributed by atoms with Crippen molar-refractivity contribution in [2.45, 2.75) is 6.54 Å². The molecule has 2 aromatic heterocycles. The van der Waals surface area contributed by atoms with Crippen LogP contribution in [0.5, 0.6) is 5.88 Å². The molecule has 0 atom stereocenters. The maximum Gasteiger partial charge on any atom is 0.250 e. The number of aromatic amines is 1. The number of benzene rings is 1. The van der Waals surface area contributed by atoms with Crippen molar-refractivity contribution < 1.29 is 4.74 Å². The number of anilines is 1. The first-order chi connectivity index (χ1) is 10.3. The Hall–Kier alpha value is -2.82. The van der Waals surface area contributed by atoms with Gasteiger partial charge in [-0.2, -0.15) is 0 Å². The number of H-pyrrole nitrogens is 1. The largest absolute Gasteiger partial charge is 0.479 e. The van der Waals surface area contributed by atoms with Gasteiger partial charge in [0.25, 0.3) is 5.56 Å². The van der Waals surface area contributed by atoms with Crippen molar-refractivity contribution in [3.05, 3.63) is 64.6 Å². The zero-order valence-electron chi connectivity index (χ0n) is 11.6. The maximum absolute atomic E-state index is 11.8. The van der Waals surface area contributed by atoms with Crippen molar-refractivity contribution >= 4 is 16.6 Å². The van der Waals surface area contributed by atoms with E-state index in [1.807, 2.05) is 36.4 Å². The normalized spacial score (nSPS) is 10.5. The number of pyridine rings is 2.